The van der Waals surface area contributed by atoms with E-state index in [-0.39, 0.29) is 22.9 Å². The number of anilines is 1. The third kappa shape index (κ3) is 4.85. The van der Waals surface area contributed by atoms with Crippen LogP contribution < -0.4 is 5.32 Å². The first kappa shape index (κ1) is 21.5. The van der Waals surface area contributed by atoms with Crippen LogP contribution in [-0.4, -0.2) is 44.8 Å². The van der Waals surface area contributed by atoms with Crippen LogP contribution in [0.25, 0.3) is 0 Å². The lowest BCUT2D eigenvalue weighted by atomic mass is 9.98. The van der Waals surface area contributed by atoms with E-state index in [0.29, 0.717) is 25.1 Å². The highest BCUT2D eigenvalue weighted by Crippen LogP contribution is 2.26. The van der Waals surface area contributed by atoms with Gasteiger partial charge in [-0.05, 0) is 49.2 Å². The maximum atomic E-state index is 12.9. The van der Waals surface area contributed by atoms with Crippen molar-refractivity contribution in [2.24, 2.45) is 5.92 Å². The van der Waals surface area contributed by atoms with Crippen LogP contribution in [0, 0.1) is 5.92 Å². The van der Waals surface area contributed by atoms with Crippen LogP contribution >= 0.6 is 15.9 Å². The van der Waals surface area contributed by atoms with Crippen LogP contribution in [0.4, 0.5) is 5.69 Å². The molecule has 1 fully saturated rings. The summed E-state index contributed by atoms with van der Waals surface area (Å²) in [4.78, 5) is 24.9. The molecule has 0 spiro atoms. The number of hydrogen-bond acceptors (Lipinski definition) is 5. The second-order valence-electron chi connectivity index (χ2n) is 6.68. The molecule has 1 heterocycles. The van der Waals surface area contributed by atoms with Gasteiger partial charge >= 0.3 is 5.97 Å². The van der Waals surface area contributed by atoms with Crippen molar-refractivity contribution in [1.29, 1.82) is 0 Å². The van der Waals surface area contributed by atoms with Gasteiger partial charge in [-0.25, -0.2) is 13.2 Å². The quantitative estimate of drug-likeness (QED) is 0.662. The summed E-state index contributed by atoms with van der Waals surface area (Å²) in [5.74, 6) is -1.39. The number of hydrogen-bond donors (Lipinski definition) is 1. The molecule has 1 aliphatic rings. The van der Waals surface area contributed by atoms with Crippen LogP contribution in [0.5, 0.6) is 0 Å². The van der Waals surface area contributed by atoms with Gasteiger partial charge in [0.15, 0.2) is 0 Å². The standard InChI is InChI=1S/C20H21BrN2O5S/c1-28-20(25)17-6-2-3-7-18(17)22-19(24)14-5-4-12-23(13-14)29(26,27)16-10-8-15(21)9-11-16/h2-3,6-11,14H,4-5,12-13H2,1H3,(H,22,24)/t14-/m1/s1. The predicted molar refractivity (Wildman–Crippen MR) is 112 cm³/mol. The second-order valence-corrected chi connectivity index (χ2v) is 9.54. The molecule has 29 heavy (non-hydrogen) atoms. The first-order chi connectivity index (χ1) is 13.8. The summed E-state index contributed by atoms with van der Waals surface area (Å²) in [5, 5.41) is 2.75. The lowest BCUT2D eigenvalue weighted by Gasteiger charge is -2.31. The number of methoxy groups -OCH3 is 1. The van der Waals surface area contributed by atoms with Crippen molar-refractivity contribution in [3.8, 4) is 0 Å². The molecule has 154 valence electrons. The number of amides is 1. The minimum Gasteiger partial charge on any atom is -0.465 e. The minimum absolute atomic E-state index is 0.0879. The molecule has 3 rings (SSSR count). The van der Waals surface area contributed by atoms with Gasteiger partial charge in [-0.15, -0.1) is 0 Å². The predicted octanol–water partition coefficient (Wildman–Crippen LogP) is 3.28. The summed E-state index contributed by atoms with van der Waals surface area (Å²) in [7, 11) is -2.41. The molecule has 0 unspecified atom stereocenters. The Morgan fingerprint density at radius 1 is 1.14 bits per heavy atom. The maximum absolute atomic E-state index is 12.9. The van der Waals surface area contributed by atoms with Crippen molar-refractivity contribution in [2.75, 3.05) is 25.5 Å². The highest BCUT2D eigenvalue weighted by Gasteiger charge is 2.33. The molecule has 0 aliphatic carbocycles. The van der Waals surface area contributed by atoms with E-state index in [2.05, 4.69) is 21.2 Å². The number of piperidine rings is 1. The zero-order valence-electron chi connectivity index (χ0n) is 15.8. The fourth-order valence-corrected chi connectivity index (χ4v) is 5.03. The van der Waals surface area contributed by atoms with Crippen LogP contribution in [0.1, 0.15) is 23.2 Å². The van der Waals surface area contributed by atoms with Crippen LogP contribution in [0.15, 0.2) is 57.9 Å². The third-order valence-electron chi connectivity index (χ3n) is 4.80. The molecule has 0 saturated carbocycles. The Morgan fingerprint density at radius 3 is 2.52 bits per heavy atom. The van der Waals surface area contributed by atoms with Crippen LogP contribution in [0.2, 0.25) is 0 Å². The van der Waals surface area contributed by atoms with E-state index in [0.717, 1.165) is 4.47 Å². The highest BCUT2D eigenvalue weighted by molar-refractivity contribution is 9.10. The summed E-state index contributed by atoms with van der Waals surface area (Å²) in [5.41, 5.74) is 0.593. The van der Waals surface area contributed by atoms with Gasteiger partial charge in [-0.2, -0.15) is 4.31 Å². The van der Waals surface area contributed by atoms with Crippen molar-refractivity contribution in [2.45, 2.75) is 17.7 Å². The summed E-state index contributed by atoms with van der Waals surface area (Å²) in [6, 6.07) is 13.0. The number of carbonyl (C=O) groups excluding carboxylic acids is 2. The summed E-state index contributed by atoms with van der Waals surface area (Å²) in [6.07, 6.45) is 1.14. The fraction of sp³-hybridized carbons (Fsp3) is 0.300. The molecular formula is C20H21BrN2O5S. The molecule has 0 aromatic heterocycles. The van der Waals surface area contributed by atoms with E-state index in [1.807, 2.05) is 0 Å². The molecule has 2 aromatic rings. The minimum atomic E-state index is -3.69. The molecule has 2 aromatic carbocycles. The van der Waals surface area contributed by atoms with Gasteiger partial charge in [0, 0.05) is 17.6 Å². The maximum Gasteiger partial charge on any atom is 0.339 e. The van der Waals surface area contributed by atoms with Gasteiger partial charge in [0.2, 0.25) is 15.9 Å². The van der Waals surface area contributed by atoms with Crippen LogP contribution in [0.3, 0.4) is 0 Å². The summed E-state index contributed by atoms with van der Waals surface area (Å²) >= 11 is 3.30. The fourth-order valence-electron chi connectivity index (χ4n) is 3.25. The SMILES string of the molecule is COC(=O)c1ccccc1NC(=O)[C@@H]1CCCN(S(=O)(=O)c2ccc(Br)cc2)C1. The molecule has 0 bridgehead atoms. The molecule has 1 aliphatic heterocycles. The van der Waals surface area contributed by atoms with Gasteiger partial charge in [0.05, 0.1) is 29.2 Å². The Balaban J connectivity index is 1.75. The molecular weight excluding hydrogens is 460 g/mol. The van der Waals surface area contributed by atoms with Gasteiger partial charge in [-0.1, -0.05) is 28.1 Å². The van der Waals surface area contributed by atoms with Crippen molar-refractivity contribution >= 4 is 43.5 Å². The van der Waals surface area contributed by atoms with Crippen molar-refractivity contribution < 1.29 is 22.7 Å². The zero-order valence-corrected chi connectivity index (χ0v) is 18.2. The van der Waals surface area contributed by atoms with E-state index in [1.54, 1.807) is 36.4 Å². The Morgan fingerprint density at radius 2 is 1.83 bits per heavy atom. The Bertz CT molecular complexity index is 1010. The second kappa shape index (κ2) is 9.06. The molecule has 1 amide bonds. The number of halogens is 1. The van der Waals surface area contributed by atoms with E-state index in [9.17, 15) is 18.0 Å². The average molecular weight is 481 g/mol. The smallest absolute Gasteiger partial charge is 0.339 e. The number of ether oxygens (including phenoxy) is 1. The number of benzene rings is 2. The van der Waals surface area contributed by atoms with Crippen molar-refractivity contribution in [3.05, 3.63) is 58.6 Å². The largest absolute Gasteiger partial charge is 0.465 e. The number of para-hydroxylation sites is 1. The number of nitrogens with zero attached hydrogens (tertiary/aromatic N) is 1. The molecule has 1 N–H and O–H groups in total. The highest BCUT2D eigenvalue weighted by atomic mass is 79.9. The summed E-state index contributed by atoms with van der Waals surface area (Å²) in [6.45, 7) is 0.450. The summed E-state index contributed by atoms with van der Waals surface area (Å²) < 4.78 is 32.7. The number of sulfonamides is 1. The third-order valence-corrected chi connectivity index (χ3v) is 7.20. The van der Waals surface area contributed by atoms with Crippen molar-refractivity contribution in [3.63, 3.8) is 0 Å². The van der Waals surface area contributed by atoms with E-state index < -0.39 is 21.9 Å². The molecule has 7 nitrogen and oxygen atoms in total. The monoisotopic (exact) mass is 480 g/mol. The lowest BCUT2D eigenvalue weighted by molar-refractivity contribution is -0.120. The topological polar surface area (TPSA) is 92.8 Å². The number of nitrogens with one attached hydrogen (secondary N) is 1. The van der Waals surface area contributed by atoms with Crippen molar-refractivity contribution in [1.82, 2.24) is 4.31 Å². The van der Waals surface area contributed by atoms with E-state index in [1.165, 1.54) is 23.5 Å². The number of rotatable bonds is 5. The molecule has 1 atom stereocenters. The van der Waals surface area contributed by atoms with Gasteiger partial charge in [0.1, 0.15) is 0 Å². The lowest BCUT2D eigenvalue weighted by Crippen LogP contribution is -2.43. The van der Waals surface area contributed by atoms with Gasteiger partial charge < -0.3 is 10.1 Å². The Labute approximate surface area is 178 Å². The van der Waals surface area contributed by atoms with Gasteiger partial charge in [-0.3, -0.25) is 4.79 Å². The normalized spacial score (nSPS) is 17.5. The number of carbonyl (C=O) groups is 2. The molecule has 0 radical (unpaired) electrons. The zero-order chi connectivity index (χ0) is 21.0. The first-order valence-corrected chi connectivity index (χ1v) is 11.3. The van der Waals surface area contributed by atoms with E-state index >= 15 is 0 Å². The van der Waals surface area contributed by atoms with Gasteiger partial charge in [0.25, 0.3) is 0 Å². The number of esters is 1. The first-order valence-electron chi connectivity index (χ1n) is 9.07. The molecule has 9 heteroatoms. The molecule has 1 saturated heterocycles. The average Bonchev–Trinajstić information content (AvgIpc) is 2.74. The van der Waals surface area contributed by atoms with E-state index in [4.69, 9.17) is 4.74 Å². The Hall–Kier alpha value is -2.23. The van der Waals surface area contributed by atoms with Crippen LogP contribution in [-0.2, 0) is 19.6 Å². The Kier molecular flexibility index (Phi) is 6.71.